The predicted octanol–water partition coefficient (Wildman–Crippen LogP) is 1.04. The van der Waals surface area contributed by atoms with Gasteiger partial charge in [-0.1, -0.05) is 18.2 Å². The number of rotatable bonds is 3. The molecule has 0 aliphatic heterocycles. The van der Waals surface area contributed by atoms with E-state index in [2.05, 4.69) is 5.10 Å². The van der Waals surface area contributed by atoms with Crippen molar-refractivity contribution in [2.45, 2.75) is 12.5 Å². The van der Waals surface area contributed by atoms with E-state index in [-0.39, 0.29) is 6.54 Å². The van der Waals surface area contributed by atoms with Crippen LogP contribution in [0.5, 0.6) is 0 Å². The predicted molar refractivity (Wildman–Crippen MR) is 62.2 cm³/mol. The molecule has 0 aliphatic rings. The summed E-state index contributed by atoms with van der Waals surface area (Å²) in [5.41, 5.74) is 6.16. The molecule has 2 aromatic rings. The first-order chi connectivity index (χ1) is 7.63. The maximum Gasteiger partial charge on any atom is 0.102 e. The molecule has 1 heterocycles. The average molecular weight is 217 g/mol. The second-order valence-corrected chi connectivity index (χ2v) is 3.99. The van der Waals surface area contributed by atoms with Crippen molar-refractivity contribution in [3.8, 4) is 5.69 Å². The van der Waals surface area contributed by atoms with Gasteiger partial charge in [0.1, 0.15) is 5.60 Å². The van der Waals surface area contributed by atoms with Crippen LogP contribution >= 0.6 is 0 Å². The molecule has 4 heteroatoms. The Bertz CT molecular complexity index is 462. The largest absolute Gasteiger partial charge is 0.384 e. The summed E-state index contributed by atoms with van der Waals surface area (Å²) in [5, 5.41) is 14.2. The van der Waals surface area contributed by atoms with Crippen molar-refractivity contribution in [3.05, 3.63) is 48.3 Å². The van der Waals surface area contributed by atoms with Gasteiger partial charge in [0.15, 0.2) is 0 Å². The molecule has 0 spiro atoms. The topological polar surface area (TPSA) is 64.1 Å². The van der Waals surface area contributed by atoms with Crippen molar-refractivity contribution in [2.24, 2.45) is 5.73 Å². The maximum atomic E-state index is 9.98. The summed E-state index contributed by atoms with van der Waals surface area (Å²) in [6.45, 7) is 1.85. The van der Waals surface area contributed by atoms with Crippen LogP contribution in [-0.2, 0) is 5.60 Å². The van der Waals surface area contributed by atoms with Crippen LogP contribution in [0.3, 0.4) is 0 Å². The number of aliphatic hydroxyl groups is 1. The van der Waals surface area contributed by atoms with Crippen LogP contribution in [0.15, 0.2) is 42.7 Å². The Labute approximate surface area is 94.3 Å². The summed E-state index contributed by atoms with van der Waals surface area (Å²) < 4.78 is 1.72. The Kier molecular flexibility index (Phi) is 2.77. The summed E-state index contributed by atoms with van der Waals surface area (Å²) in [4.78, 5) is 0. The monoisotopic (exact) mass is 217 g/mol. The van der Waals surface area contributed by atoms with Crippen LogP contribution in [0.1, 0.15) is 12.5 Å². The van der Waals surface area contributed by atoms with E-state index in [9.17, 15) is 5.11 Å². The highest BCUT2D eigenvalue weighted by molar-refractivity contribution is 5.31. The summed E-state index contributed by atoms with van der Waals surface area (Å²) in [6, 6.07) is 9.74. The zero-order valence-corrected chi connectivity index (χ0v) is 9.17. The molecule has 0 saturated heterocycles. The van der Waals surface area contributed by atoms with Gasteiger partial charge in [-0.3, -0.25) is 0 Å². The van der Waals surface area contributed by atoms with E-state index in [4.69, 9.17) is 5.73 Å². The first-order valence-electron chi connectivity index (χ1n) is 5.16. The first kappa shape index (κ1) is 10.9. The third-order valence-electron chi connectivity index (χ3n) is 2.62. The molecule has 1 aromatic heterocycles. The zero-order chi connectivity index (χ0) is 11.6. The molecule has 0 bridgehead atoms. The molecule has 0 radical (unpaired) electrons. The number of benzene rings is 1. The molecule has 16 heavy (non-hydrogen) atoms. The Morgan fingerprint density at radius 2 is 2.06 bits per heavy atom. The second kappa shape index (κ2) is 4.08. The van der Waals surface area contributed by atoms with Gasteiger partial charge in [-0.15, -0.1) is 0 Å². The standard InChI is InChI=1S/C12H15N3O/c1-12(16,9-13)10-7-14-15(8-10)11-5-3-2-4-6-11/h2-8,16H,9,13H2,1H3. The third-order valence-corrected chi connectivity index (χ3v) is 2.62. The molecule has 1 unspecified atom stereocenters. The van der Waals surface area contributed by atoms with E-state index < -0.39 is 5.60 Å². The van der Waals surface area contributed by atoms with Crippen LogP contribution in [0.4, 0.5) is 0 Å². The number of para-hydroxylation sites is 1. The van der Waals surface area contributed by atoms with Crippen molar-refractivity contribution in [1.29, 1.82) is 0 Å². The number of nitrogens with two attached hydrogens (primary N) is 1. The van der Waals surface area contributed by atoms with Crippen LogP contribution in [-0.4, -0.2) is 21.4 Å². The van der Waals surface area contributed by atoms with Gasteiger partial charge in [0.25, 0.3) is 0 Å². The molecular formula is C12H15N3O. The molecule has 3 N–H and O–H groups in total. The molecule has 4 nitrogen and oxygen atoms in total. The van der Waals surface area contributed by atoms with Crippen molar-refractivity contribution >= 4 is 0 Å². The lowest BCUT2D eigenvalue weighted by Gasteiger charge is -2.18. The smallest absolute Gasteiger partial charge is 0.102 e. The number of nitrogens with zero attached hydrogens (tertiary/aromatic N) is 2. The van der Waals surface area contributed by atoms with Crippen LogP contribution < -0.4 is 5.73 Å². The third kappa shape index (κ3) is 1.98. The molecule has 84 valence electrons. The van der Waals surface area contributed by atoms with Crippen molar-refractivity contribution < 1.29 is 5.11 Å². The summed E-state index contributed by atoms with van der Waals surface area (Å²) in [5.74, 6) is 0. The Hall–Kier alpha value is -1.65. The van der Waals surface area contributed by atoms with Gasteiger partial charge in [-0.05, 0) is 19.1 Å². The Morgan fingerprint density at radius 3 is 2.69 bits per heavy atom. The van der Waals surface area contributed by atoms with Crippen LogP contribution in [0.25, 0.3) is 5.69 Å². The molecule has 1 atom stereocenters. The van der Waals surface area contributed by atoms with E-state index in [1.54, 1.807) is 24.0 Å². The lowest BCUT2D eigenvalue weighted by Crippen LogP contribution is -2.30. The van der Waals surface area contributed by atoms with Crippen molar-refractivity contribution in [3.63, 3.8) is 0 Å². The average Bonchev–Trinajstić information content (AvgIpc) is 2.80. The Morgan fingerprint density at radius 1 is 1.38 bits per heavy atom. The Balaban J connectivity index is 2.34. The summed E-state index contributed by atoms with van der Waals surface area (Å²) in [7, 11) is 0. The molecule has 0 fully saturated rings. The highest BCUT2D eigenvalue weighted by Crippen LogP contribution is 2.19. The summed E-state index contributed by atoms with van der Waals surface area (Å²) in [6.07, 6.45) is 3.43. The van der Waals surface area contributed by atoms with E-state index in [1.165, 1.54) is 0 Å². The van der Waals surface area contributed by atoms with Crippen molar-refractivity contribution in [1.82, 2.24) is 9.78 Å². The van der Waals surface area contributed by atoms with E-state index in [0.717, 1.165) is 11.3 Å². The van der Waals surface area contributed by atoms with E-state index in [0.29, 0.717) is 0 Å². The minimum absolute atomic E-state index is 0.174. The zero-order valence-electron chi connectivity index (χ0n) is 9.17. The lowest BCUT2D eigenvalue weighted by atomic mass is 10.0. The number of hydrogen-bond acceptors (Lipinski definition) is 3. The number of aromatic nitrogens is 2. The quantitative estimate of drug-likeness (QED) is 0.807. The number of hydrogen-bond donors (Lipinski definition) is 2. The maximum absolute atomic E-state index is 9.98. The van der Waals surface area contributed by atoms with Gasteiger partial charge >= 0.3 is 0 Å². The molecule has 1 aromatic carbocycles. The van der Waals surface area contributed by atoms with Gasteiger partial charge < -0.3 is 10.8 Å². The van der Waals surface area contributed by atoms with E-state index >= 15 is 0 Å². The normalized spacial score (nSPS) is 14.7. The van der Waals surface area contributed by atoms with Gasteiger partial charge in [0.05, 0.1) is 11.9 Å². The van der Waals surface area contributed by atoms with Crippen molar-refractivity contribution in [2.75, 3.05) is 6.54 Å². The first-order valence-corrected chi connectivity index (χ1v) is 5.16. The van der Waals surface area contributed by atoms with Gasteiger partial charge in [0.2, 0.25) is 0 Å². The fraction of sp³-hybridized carbons (Fsp3) is 0.250. The molecule has 0 saturated carbocycles. The highest BCUT2D eigenvalue weighted by Gasteiger charge is 2.22. The van der Waals surface area contributed by atoms with Crippen LogP contribution in [0, 0.1) is 0 Å². The fourth-order valence-electron chi connectivity index (χ4n) is 1.44. The van der Waals surface area contributed by atoms with Crippen LogP contribution in [0.2, 0.25) is 0 Å². The van der Waals surface area contributed by atoms with Gasteiger partial charge in [-0.25, -0.2) is 4.68 Å². The van der Waals surface area contributed by atoms with E-state index in [1.807, 2.05) is 30.3 Å². The fourth-order valence-corrected chi connectivity index (χ4v) is 1.44. The minimum atomic E-state index is -1.02. The molecular weight excluding hydrogens is 202 g/mol. The van der Waals surface area contributed by atoms with Gasteiger partial charge in [0, 0.05) is 18.3 Å². The highest BCUT2D eigenvalue weighted by atomic mass is 16.3. The molecule has 0 aliphatic carbocycles. The SMILES string of the molecule is CC(O)(CN)c1cnn(-c2ccccc2)c1. The molecule has 2 rings (SSSR count). The minimum Gasteiger partial charge on any atom is -0.384 e. The van der Waals surface area contributed by atoms with Gasteiger partial charge in [-0.2, -0.15) is 5.10 Å². The molecule has 0 amide bonds. The second-order valence-electron chi connectivity index (χ2n) is 3.99. The lowest BCUT2D eigenvalue weighted by molar-refractivity contribution is 0.0668. The summed E-state index contributed by atoms with van der Waals surface area (Å²) >= 11 is 0.